The second-order valence-corrected chi connectivity index (χ2v) is 6.22. The summed E-state index contributed by atoms with van der Waals surface area (Å²) in [5.41, 5.74) is 2.93. The number of benzene rings is 2. The van der Waals surface area contributed by atoms with Crippen molar-refractivity contribution in [3.63, 3.8) is 0 Å². The first kappa shape index (κ1) is 17.3. The number of hydrogen-bond donors (Lipinski definition) is 2. The van der Waals surface area contributed by atoms with Crippen LogP contribution >= 0.6 is 23.8 Å². The number of nitrogens with one attached hydrogen (secondary N) is 2. The van der Waals surface area contributed by atoms with Crippen molar-refractivity contribution in [3.05, 3.63) is 70.8 Å². The Bertz CT molecular complexity index is 912. The van der Waals surface area contributed by atoms with Crippen molar-refractivity contribution < 1.29 is 4.39 Å². The fraction of sp³-hybridized carbons (Fsp3) is 0.118. The highest BCUT2D eigenvalue weighted by Gasteiger charge is 2.07. The summed E-state index contributed by atoms with van der Waals surface area (Å²) in [5.74, 6) is -0.109. The minimum absolute atomic E-state index is 0.0217. The monoisotopic (exact) mass is 375 g/mol. The van der Waals surface area contributed by atoms with Gasteiger partial charge in [-0.2, -0.15) is 0 Å². The first-order valence-electron chi connectivity index (χ1n) is 7.48. The summed E-state index contributed by atoms with van der Waals surface area (Å²) in [6.45, 7) is 2.67. The van der Waals surface area contributed by atoms with Gasteiger partial charge in [0.25, 0.3) is 0 Å². The zero-order valence-electron chi connectivity index (χ0n) is 13.3. The standard InChI is InChI=1S/C17H15ClFN5S/c1-11-4-2-3-5-12(11)9-24-10-20-16(23-24)22-17(25)21-13-6-7-15(19)14(18)8-13/h2-8,10H,9H2,1H3,(H2,21,22,23,25). The van der Waals surface area contributed by atoms with Crippen LogP contribution in [0.4, 0.5) is 16.0 Å². The molecule has 3 aromatic rings. The normalized spacial score (nSPS) is 10.5. The lowest BCUT2D eigenvalue weighted by Crippen LogP contribution is -2.20. The van der Waals surface area contributed by atoms with Gasteiger partial charge < -0.3 is 5.32 Å². The van der Waals surface area contributed by atoms with Crippen LogP contribution in [0, 0.1) is 12.7 Å². The molecule has 1 aromatic heterocycles. The predicted octanol–water partition coefficient (Wildman–Crippen LogP) is 4.24. The molecule has 25 heavy (non-hydrogen) atoms. The van der Waals surface area contributed by atoms with E-state index in [0.717, 1.165) is 0 Å². The first-order valence-corrected chi connectivity index (χ1v) is 8.27. The molecule has 0 spiro atoms. The van der Waals surface area contributed by atoms with E-state index in [2.05, 4.69) is 39.8 Å². The number of halogens is 2. The molecule has 1 heterocycles. The number of anilines is 2. The third kappa shape index (κ3) is 4.52. The molecule has 2 N–H and O–H groups in total. The third-order valence-electron chi connectivity index (χ3n) is 3.53. The molecule has 0 saturated heterocycles. The van der Waals surface area contributed by atoms with Crippen LogP contribution in [0.2, 0.25) is 5.02 Å². The Balaban J connectivity index is 1.61. The molecule has 2 aromatic carbocycles. The number of aryl methyl sites for hydroxylation is 1. The molecular formula is C17H15ClFN5S. The molecule has 0 amide bonds. The molecular weight excluding hydrogens is 361 g/mol. The molecule has 0 aliphatic carbocycles. The minimum Gasteiger partial charge on any atom is -0.332 e. The van der Waals surface area contributed by atoms with E-state index in [-0.39, 0.29) is 10.1 Å². The van der Waals surface area contributed by atoms with Crippen LogP contribution in [-0.2, 0) is 6.54 Å². The molecule has 0 unspecified atom stereocenters. The zero-order valence-corrected chi connectivity index (χ0v) is 14.9. The quantitative estimate of drug-likeness (QED) is 0.668. The van der Waals surface area contributed by atoms with Crippen molar-refractivity contribution in [3.8, 4) is 0 Å². The SMILES string of the molecule is Cc1ccccc1Cn1cnc(NC(=S)Nc2ccc(F)c(Cl)c2)n1. The Hall–Kier alpha value is -2.51. The van der Waals surface area contributed by atoms with Crippen molar-refractivity contribution >= 4 is 40.6 Å². The fourth-order valence-electron chi connectivity index (χ4n) is 2.23. The van der Waals surface area contributed by atoms with E-state index in [1.807, 2.05) is 12.1 Å². The molecule has 0 bridgehead atoms. The van der Waals surface area contributed by atoms with Gasteiger partial charge in [-0.05, 0) is 48.5 Å². The highest BCUT2D eigenvalue weighted by Crippen LogP contribution is 2.19. The molecule has 0 fully saturated rings. The average molecular weight is 376 g/mol. The Labute approximate surface area is 154 Å². The molecule has 0 atom stereocenters. The summed E-state index contributed by atoms with van der Waals surface area (Å²) in [6.07, 6.45) is 1.63. The average Bonchev–Trinajstić information content (AvgIpc) is 3.00. The Morgan fingerprint density at radius 1 is 1.24 bits per heavy atom. The molecule has 0 radical (unpaired) electrons. The molecule has 128 valence electrons. The second-order valence-electron chi connectivity index (χ2n) is 5.40. The van der Waals surface area contributed by atoms with Crippen LogP contribution in [0.5, 0.6) is 0 Å². The topological polar surface area (TPSA) is 54.8 Å². The summed E-state index contributed by atoms with van der Waals surface area (Å²) in [6, 6.07) is 12.4. The lowest BCUT2D eigenvalue weighted by Gasteiger charge is -2.08. The van der Waals surface area contributed by atoms with Gasteiger partial charge in [0.15, 0.2) is 5.11 Å². The van der Waals surface area contributed by atoms with E-state index < -0.39 is 5.82 Å². The number of aromatic nitrogens is 3. The molecule has 0 aliphatic heterocycles. The van der Waals surface area contributed by atoms with Crippen molar-refractivity contribution in [1.82, 2.24) is 14.8 Å². The summed E-state index contributed by atoms with van der Waals surface area (Å²) in [4.78, 5) is 4.18. The number of hydrogen-bond acceptors (Lipinski definition) is 3. The fourth-order valence-corrected chi connectivity index (χ4v) is 2.62. The van der Waals surface area contributed by atoms with E-state index in [4.69, 9.17) is 23.8 Å². The number of rotatable bonds is 4. The van der Waals surface area contributed by atoms with Gasteiger partial charge in [0, 0.05) is 5.69 Å². The summed E-state index contributed by atoms with van der Waals surface area (Å²) >= 11 is 10.9. The van der Waals surface area contributed by atoms with Gasteiger partial charge in [-0.3, -0.25) is 5.32 Å². The first-order chi connectivity index (χ1) is 12.0. The lowest BCUT2D eigenvalue weighted by atomic mass is 10.1. The largest absolute Gasteiger partial charge is 0.332 e. The van der Waals surface area contributed by atoms with Gasteiger partial charge in [-0.15, -0.1) is 5.10 Å². The molecule has 8 heteroatoms. The lowest BCUT2D eigenvalue weighted by molar-refractivity contribution is 0.628. The summed E-state index contributed by atoms with van der Waals surface area (Å²) < 4.78 is 14.9. The van der Waals surface area contributed by atoms with Crippen LogP contribution in [0.3, 0.4) is 0 Å². The maximum Gasteiger partial charge on any atom is 0.248 e. The zero-order chi connectivity index (χ0) is 17.8. The van der Waals surface area contributed by atoms with Crippen LogP contribution in [0.1, 0.15) is 11.1 Å². The van der Waals surface area contributed by atoms with E-state index in [1.54, 1.807) is 17.1 Å². The van der Waals surface area contributed by atoms with Crippen molar-refractivity contribution in [2.24, 2.45) is 0 Å². The van der Waals surface area contributed by atoms with E-state index in [9.17, 15) is 4.39 Å². The van der Waals surface area contributed by atoms with Crippen molar-refractivity contribution in [2.45, 2.75) is 13.5 Å². The van der Waals surface area contributed by atoms with E-state index in [0.29, 0.717) is 18.2 Å². The van der Waals surface area contributed by atoms with E-state index >= 15 is 0 Å². The van der Waals surface area contributed by atoms with Gasteiger partial charge >= 0.3 is 0 Å². The van der Waals surface area contributed by atoms with Crippen molar-refractivity contribution in [1.29, 1.82) is 0 Å². The molecule has 0 saturated carbocycles. The Morgan fingerprint density at radius 3 is 2.80 bits per heavy atom. The highest BCUT2D eigenvalue weighted by molar-refractivity contribution is 7.80. The Morgan fingerprint density at radius 2 is 2.04 bits per heavy atom. The van der Waals surface area contributed by atoms with Crippen LogP contribution in [0.25, 0.3) is 0 Å². The predicted molar refractivity (Wildman–Crippen MR) is 102 cm³/mol. The van der Waals surface area contributed by atoms with E-state index in [1.165, 1.54) is 23.3 Å². The van der Waals surface area contributed by atoms with Crippen LogP contribution < -0.4 is 10.6 Å². The van der Waals surface area contributed by atoms with Crippen LogP contribution in [0.15, 0.2) is 48.8 Å². The smallest absolute Gasteiger partial charge is 0.248 e. The van der Waals surface area contributed by atoms with Gasteiger partial charge in [0.1, 0.15) is 12.1 Å². The third-order valence-corrected chi connectivity index (χ3v) is 4.03. The molecule has 0 aliphatic rings. The Kier molecular flexibility index (Phi) is 5.25. The summed E-state index contributed by atoms with van der Waals surface area (Å²) in [7, 11) is 0. The number of thiocarbonyl (C=S) groups is 1. The maximum absolute atomic E-state index is 13.2. The summed E-state index contributed by atoms with van der Waals surface area (Å²) in [5, 5.41) is 10.4. The molecule has 3 rings (SSSR count). The van der Waals surface area contributed by atoms with Crippen molar-refractivity contribution in [2.75, 3.05) is 10.6 Å². The van der Waals surface area contributed by atoms with Crippen LogP contribution in [-0.4, -0.2) is 19.9 Å². The van der Waals surface area contributed by atoms with Gasteiger partial charge in [0.2, 0.25) is 5.95 Å². The van der Waals surface area contributed by atoms with Gasteiger partial charge in [-0.25, -0.2) is 14.1 Å². The second kappa shape index (κ2) is 7.58. The minimum atomic E-state index is -0.484. The van der Waals surface area contributed by atoms with Gasteiger partial charge in [-0.1, -0.05) is 35.9 Å². The molecule has 5 nitrogen and oxygen atoms in total. The van der Waals surface area contributed by atoms with Gasteiger partial charge in [0.05, 0.1) is 11.6 Å². The number of nitrogens with zero attached hydrogens (tertiary/aromatic N) is 3. The maximum atomic E-state index is 13.2. The highest BCUT2D eigenvalue weighted by atomic mass is 35.5.